The summed E-state index contributed by atoms with van der Waals surface area (Å²) in [5.41, 5.74) is 3.48. The average Bonchev–Trinajstić information content (AvgIpc) is 2.60. The van der Waals surface area contributed by atoms with Gasteiger partial charge in [0.05, 0.1) is 6.61 Å². The summed E-state index contributed by atoms with van der Waals surface area (Å²) in [7, 11) is -3.52. The summed E-state index contributed by atoms with van der Waals surface area (Å²) in [6.07, 6.45) is 2.59. The molecule has 136 valence electrons. The quantitative estimate of drug-likeness (QED) is 0.474. The molecule has 0 spiro atoms. The lowest BCUT2D eigenvalue weighted by molar-refractivity contribution is 0.311. The Morgan fingerprint density at radius 2 is 1.56 bits per heavy atom. The van der Waals surface area contributed by atoms with Gasteiger partial charge < -0.3 is 0 Å². The Morgan fingerprint density at radius 1 is 0.920 bits per heavy atom. The van der Waals surface area contributed by atoms with Crippen LogP contribution in [0.2, 0.25) is 0 Å². The van der Waals surface area contributed by atoms with Crippen LogP contribution in [0, 0.1) is 0 Å². The molecule has 0 N–H and O–H groups in total. The molecular weight excluding hydrogens is 332 g/mol. The molecule has 0 aliphatic carbocycles. The van der Waals surface area contributed by atoms with Gasteiger partial charge in [-0.15, -0.1) is 0 Å². The molecule has 2 aromatic rings. The third-order valence-corrected chi connectivity index (χ3v) is 5.89. The number of aryl methyl sites for hydroxylation is 1. The first kappa shape index (κ1) is 19.7. The number of hydrogen-bond acceptors (Lipinski definition) is 3. The van der Waals surface area contributed by atoms with Gasteiger partial charge in [0, 0.05) is 0 Å². The maximum absolute atomic E-state index is 12.0. The molecular formula is C21H28O3S. The zero-order chi connectivity index (χ0) is 18.3. The number of benzene rings is 2. The van der Waals surface area contributed by atoms with Gasteiger partial charge in [0.25, 0.3) is 10.1 Å². The molecule has 0 radical (unpaired) electrons. The van der Waals surface area contributed by atoms with Gasteiger partial charge in [0.1, 0.15) is 5.75 Å². The molecule has 0 amide bonds. The van der Waals surface area contributed by atoms with E-state index >= 15 is 0 Å². The van der Waals surface area contributed by atoms with Crippen molar-refractivity contribution in [2.75, 3.05) is 6.61 Å². The van der Waals surface area contributed by atoms with E-state index in [9.17, 15) is 8.42 Å². The normalized spacial score (nSPS) is 12.3. The van der Waals surface area contributed by atoms with Crippen molar-refractivity contribution >= 4 is 10.1 Å². The standard InChI is InChI=1S/C21H28O3S/c1-4-21(2,3)20-14-12-18(13-15-20)11-8-16-24-25(22,23)17-19-9-6-5-7-10-19/h5-7,9-10,12-15H,4,8,11,16-17H2,1-3H3. The lowest BCUT2D eigenvalue weighted by Gasteiger charge is -2.23. The predicted molar refractivity (Wildman–Crippen MR) is 103 cm³/mol. The first-order valence-corrected chi connectivity index (χ1v) is 10.4. The van der Waals surface area contributed by atoms with Gasteiger partial charge in [0.2, 0.25) is 0 Å². The molecule has 0 heterocycles. The molecule has 25 heavy (non-hydrogen) atoms. The number of hydrogen-bond donors (Lipinski definition) is 0. The monoisotopic (exact) mass is 360 g/mol. The summed E-state index contributed by atoms with van der Waals surface area (Å²) in [5.74, 6) is -0.0748. The molecule has 2 rings (SSSR count). The fourth-order valence-corrected chi connectivity index (χ4v) is 3.66. The summed E-state index contributed by atoms with van der Waals surface area (Å²) in [4.78, 5) is 0. The Kier molecular flexibility index (Phi) is 6.79. The highest BCUT2D eigenvalue weighted by Gasteiger charge is 2.17. The lowest BCUT2D eigenvalue weighted by Crippen LogP contribution is -2.15. The summed E-state index contributed by atoms with van der Waals surface area (Å²) >= 11 is 0. The van der Waals surface area contributed by atoms with Gasteiger partial charge in [-0.1, -0.05) is 75.4 Å². The molecule has 0 unspecified atom stereocenters. The Bertz CT molecular complexity index is 747. The molecule has 0 aliphatic heterocycles. The highest BCUT2D eigenvalue weighted by atomic mass is 32.2. The van der Waals surface area contributed by atoms with E-state index in [-0.39, 0.29) is 17.8 Å². The first-order chi connectivity index (χ1) is 11.8. The highest BCUT2D eigenvalue weighted by Crippen LogP contribution is 2.26. The second kappa shape index (κ2) is 8.63. The maximum atomic E-state index is 12.0. The Labute approximate surface area is 152 Å². The smallest absolute Gasteiger partial charge is 0.270 e. The molecule has 4 heteroatoms. The van der Waals surface area contributed by atoms with Crippen molar-refractivity contribution in [2.24, 2.45) is 0 Å². The minimum absolute atomic E-state index is 0.0748. The zero-order valence-corrected chi connectivity index (χ0v) is 16.2. The van der Waals surface area contributed by atoms with Crippen LogP contribution in [0.15, 0.2) is 54.6 Å². The van der Waals surface area contributed by atoms with E-state index in [1.165, 1.54) is 11.1 Å². The molecule has 0 saturated heterocycles. The molecule has 3 nitrogen and oxygen atoms in total. The van der Waals surface area contributed by atoms with Crippen LogP contribution in [0.3, 0.4) is 0 Å². The van der Waals surface area contributed by atoms with Gasteiger partial charge in [-0.05, 0) is 41.4 Å². The van der Waals surface area contributed by atoms with Crippen LogP contribution < -0.4 is 0 Å². The van der Waals surface area contributed by atoms with Crippen LogP contribution in [-0.4, -0.2) is 15.0 Å². The fourth-order valence-electron chi connectivity index (χ4n) is 2.61. The van der Waals surface area contributed by atoms with Gasteiger partial charge >= 0.3 is 0 Å². The summed E-state index contributed by atoms with van der Waals surface area (Å²) in [5, 5.41) is 0. The average molecular weight is 361 g/mol. The van der Waals surface area contributed by atoms with E-state index in [0.717, 1.165) is 18.4 Å². The van der Waals surface area contributed by atoms with Crippen molar-refractivity contribution in [3.8, 4) is 0 Å². The van der Waals surface area contributed by atoms with Gasteiger partial charge in [0.15, 0.2) is 0 Å². The van der Waals surface area contributed by atoms with E-state index in [4.69, 9.17) is 4.18 Å². The van der Waals surface area contributed by atoms with Gasteiger partial charge in [-0.3, -0.25) is 4.18 Å². The van der Waals surface area contributed by atoms with Crippen molar-refractivity contribution in [2.45, 2.75) is 51.2 Å². The van der Waals surface area contributed by atoms with E-state index in [2.05, 4.69) is 45.0 Å². The molecule has 2 aromatic carbocycles. The molecule has 0 atom stereocenters. The van der Waals surface area contributed by atoms with Crippen LogP contribution in [0.4, 0.5) is 0 Å². The summed E-state index contributed by atoms with van der Waals surface area (Å²) in [6, 6.07) is 17.7. The third-order valence-electron chi connectivity index (χ3n) is 4.68. The molecule has 0 aromatic heterocycles. The SMILES string of the molecule is CCC(C)(C)c1ccc(CCCOS(=O)(=O)Cc2ccccc2)cc1. The topological polar surface area (TPSA) is 43.4 Å². The Hall–Kier alpha value is -1.65. The van der Waals surface area contributed by atoms with E-state index in [1.54, 1.807) is 12.1 Å². The van der Waals surface area contributed by atoms with Crippen molar-refractivity contribution in [3.05, 3.63) is 71.3 Å². The lowest BCUT2D eigenvalue weighted by atomic mass is 9.82. The van der Waals surface area contributed by atoms with E-state index in [0.29, 0.717) is 6.42 Å². The van der Waals surface area contributed by atoms with Crippen LogP contribution in [0.25, 0.3) is 0 Å². The second-order valence-corrected chi connectivity index (χ2v) is 8.69. The molecule has 0 saturated carbocycles. The minimum Gasteiger partial charge on any atom is -0.270 e. The number of rotatable bonds is 9. The van der Waals surface area contributed by atoms with Crippen molar-refractivity contribution in [3.63, 3.8) is 0 Å². The second-order valence-electron chi connectivity index (χ2n) is 7.05. The Balaban J connectivity index is 1.79. The molecule has 0 bridgehead atoms. The molecule has 0 aliphatic rings. The summed E-state index contributed by atoms with van der Waals surface area (Å²) in [6.45, 7) is 6.90. The van der Waals surface area contributed by atoms with Crippen LogP contribution in [0.5, 0.6) is 0 Å². The van der Waals surface area contributed by atoms with Crippen molar-refractivity contribution in [1.82, 2.24) is 0 Å². The minimum atomic E-state index is -3.52. The third kappa shape index (κ3) is 6.29. The largest absolute Gasteiger partial charge is 0.271 e. The maximum Gasteiger partial charge on any atom is 0.271 e. The van der Waals surface area contributed by atoms with Crippen LogP contribution >= 0.6 is 0 Å². The van der Waals surface area contributed by atoms with Crippen LogP contribution in [0.1, 0.15) is 50.3 Å². The van der Waals surface area contributed by atoms with Crippen molar-refractivity contribution in [1.29, 1.82) is 0 Å². The van der Waals surface area contributed by atoms with Gasteiger partial charge in [-0.25, -0.2) is 0 Å². The zero-order valence-electron chi connectivity index (χ0n) is 15.4. The van der Waals surface area contributed by atoms with Gasteiger partial charge in [-0.2, -0.15) is 8.42 Å². The highest BCUT2D eigenvalue weighted by molar-refractivity contribution is 7.85. The van der Waals surface area contributed by atoms with Crippen LogP contribution in [-0.2, 0) is 31.9 Å². The van der Waals surface area contributed by atoms with E-state index in [1.807, 2.05) is 18.2 Å². The fraction of sp³-hybridized carbons (Fsp3) is 0.429. The van der Waals surface area contributed by atoms with Crippen molar-refractivity contribution < 1.29 is 12.6 Å². The first-order valence-electron chi connectivity index (χ1n) is 8.83. The van der Waals surface area contributed by atoms with E-state index < -0.39 is 10.1 Å². The summed E-state index contributed by atoms with van der Waals surface area (Å²) < 4.78 is 29.1. The molecule has 0 fully saturated rings. The Morgan fingerprint density at radius 3 is 2.16 bits per heavy atom. The predicted octanol–water partition coefficient (Wildman–Crippen LogP) is 4.85.